The number of ether oxygens (including phenoxy) is 1. The van der Waals surface area contributed by atoms with E-state index in [1.807, 2.05) is 13.0 Å². The highest BCUT2D eigenvalue weighted by atomic mass is 35.5. The van der Waals surface area contributed by atoms with E-state index in [0.29, 0.717) is 12.8 Å². The highest BCUT2D eigenvalue weighted by Crippen LogP contribution is 2.37. The van der Waals surface area contributed by atoms with Crippen molar-refractivity contribution >= 4 is 17.6 Å². The predicted molar refractivity (Wildman–Crippen MR) is 85.6 cm³/mol. The first-order valence-electron chi connectivity index (χ1n) is 7.31. The molecule has 0 saturated heterocycles. The van der Waals surface area contributed by atoms with Crippen molar-refractivity contribution < 1.29 is 19.0 Å². The zero-order valence-corrected chi connectivity index (χ0v) is 13.4. The molecular formula is C18H16ClFO3. The van der Waals surface area contributed by atoms with Gasteiger partial charge in [-0.05, 0) is 41.8 Å². The Kier molecular flexibility index (Phi) is 4.02. The quantitative estimate of drug-likeness (QED) is 0.917. The van der Waals surface area contributed by atoms with Gasteiger partial charge in [0.25, 0.3) is 0 Å². The van der Waals surface area contributed by atoms with Crippen molar-refractivity contribution in [3.8, 4) is 5.75 Å². The normalized spacial score (nSPS) is 19.3. The first kappa shape index (κ1) is 15.8. The van der Waals surface area contributed by atoms with Crippen molar-refractivity contribution in [3.05, 3.63) is 63.9 Å². The molecule has 0 aromatic heterocycles. The topological polar surface area (TPSA) is 46.5 Å². The second-order valence-corrected chi connectivity index (χ2v) is 6.57. The van der Waals surface area contributed by atoms with Gasteiger partial charge in [0.15, 0.2) is 0 Å². The molecule has 1 aliphatic rings. The Labute approximate surface area is 138 Å². The van der Waals surface area contributed by atoms with Crippen molar-refractivity contribution in [2.75, 3.05) is 0 Å². The lowest BCUT2D eigenvalue weighted by Gasteiger charge is -2.24. The van der Waals surface area contributed by atoms with Crippen LogP contribution < -0.4 is 4.74 Å². The fourth-order valence-electron chi connectivity index (χ4n) is 3.04. The van der Waals surface area contributed by atoms with Gasteiger partial charge in [0.05, 0.1) is 11.4 Å². The number of fused-ring (bicyclic) bond motifs is 1. The van der Waals surface area contributed by atoms with Crippen LogP contribution in [0, 0.1) is 5.82 Å². The maximum atomic E-state index is 13.6. The van der Waals surface area contributed by atoms with Gasteiger partial charge < -0.3 is 9.84 Å². The van der Waals surface area contributed by atoms with Gasteiger partial charge in [0.2, 0.25) is 0 Å². The third kappa shape index (κ3) is 3.48. The van der Waals surface area contributed by atoms with Crippen molar-refractivity contribution in [3.63, 3.8) is 0 Å². The maximum Gasteiger partial charge on any atom is 0.307 e. The third-order valence-electron chi connectivity index (χ3n) is 3.96. The summed E-state index contributed by atoms with van der Waals surface area (Å²) in [5.74, 6) is -0.536. The summed E-state index contributed by atoms with van der Waals surface area (Å²) in [6.07, 6.45) is 1.19. The van der Waals surface area contributed by atoms with Crippen LogP contribution in [0.3, 0.4) is 0 Å². The summed E-state index contributed by atoms with van der Waals surface area (Å²) in [5, 5.41) is 8.99. The fraction of sp³-hybridized carbons (Fsp3) is 0.278. The molecule has 1 aliphatic heterocycles. The molecule has 0 aliphatic carbocycles. The van der Waals surface area contributed by atoms with Crippen molar-refractivity contribution in [1.29, 1.82) is 0 Å². The number of carboxylic acids is 1. The Morgan fingerprint density at radius 2 is 2.04 bits per heavy atom. The van der Waals surface area contributed by atoms with Crippen molar-refractivity contribution in [1.82, 2.24) is 0 Å². The fourth-order valence-corrected chi connectivity index (χ4v) is 3.16. The van der Waals surface area contributed by atoms with Gasteiger partial charge >= 0.3 is 5.97 Å². The number of rotatable bonds is 4. The summed E-state index contributed by atoms with van der Waals surface area (Å²) in [5.41, 5.74) is 2.07. The molecule has 0 spiro atoms. The van der Waals surface area contributed by atoms with E-state index in [9.17, 15) is 9.18 Å². The molecule has 0 bridgehead atoms. The van der Waals surface area contributed by atoms with Crippen LogP contribution in [0.1, 0.15) is 23.6 Å². The van der Waals surface area contributed by atoms with Gasteiger partial charge in [0.1, 0.15) is 17.2 Å². The van der Waals surface area contributed by atoms with E-state index in [0.717, 1.165) is 22.4 Å². The third-order valence-corrected chi connectivity index (χ3v) is 4.27. The first-order chi connectivity index (χ1) is 10.8. The van der Waals surface area contributed by atoms with Crippen LogP contribution in [-0.4, -0.2) is 16.7 Å². The minimum absolute atomic E-state index is 0.00755. The van der Waals surface area contributed by atoms with Gasteiger partial charge in [-0.25, -0.2) is 4.39 Å². The Hall–Kier alpha value is -2.07. The monoisotopic (exact) mass is 334 g/mol. The van der Waals surface area contributed by atoms with Crippen LogP contribution in [0.4, 0.5) is 4.39 Å². The second-order valence-electron chi connectivity index (χ2n) is 6.17. The number of carbonyl (C=O) groups is 1. The summed E-state index contributed by atoms with van der Waals surface area (Å²) in [6, 6.07) is 10.2. The van der Waals surface area contributed by atoms with E-state index in [1.165, 1.54) is 6.07 Å². The largest absolute Gasteiger partial charge is 0.487 e. The van der Waals surface area contributed by atoms with Gasteiger partial charge in [-0.15, -0.1) is 0 Å². The molecule has 2 aromatic carbocycles. The van der Waals surface area contributed by atoms with Crippen LogP contribution in [0.5, 0.6) is 5.75 Å². The first-order valence-corrected chi connectivity index (χ1v) is 7.69. The number of carboxylic acid groups (broad SMARTS) is 1. The average molecular weight is 335 g/mol. The van der Waals surface area contributed by atoms with Crippen molar-refractivity contribution in [2.24, 2.45) is 0 Å². The van der Waals surface area contributed by atoms with E-state index in [4.69, 9.17) is 21.4 Å². The zero-order chi connectivity index (χ0) is 16.6. The molecule has 2 aromatic rings. The number of aliphatic carboxylic acids is 1. The molecule has 0 fully saturated rings. The molecule has 0 radical (unpaired) electrons. The minimum atomic E-state index is -0.858. The number of hydrogen-bond acceptors (Lipinski definition) is 2. The molecular weight excluding hydrogens is 319 g/mol. The average Bonchev–Trinajstić information content (AvgIpc) is 2.77. The van der Waals surface area contributed by atoms with E-state index in [1.54, 1.807) is 24.3 Å². The predicted octanol–water partition coefficient (Wildman–Crippen LogP) is 4.04. The lowest BCUT2D eigenvalue weighted by atomic mass is 9.91. The van der Waals surface area contributed by atoms with Crippen LogP contribution in [0.15, 0.2) is 36.4 Å². The standard InChI is InChI=1S/C18H16ClFO3/c1-18(9-12-2-4-14(19)15(20)7-12)10-13-6-11(8-17(21)22)3-5-16(13)23-18/h2-7H,8-10H2,1H3,(H,21,22). The smallest absolute Gasteiger partial charge is 0.307 e. The highest BCUT2D eigenvalue weighted by Gasteiger charge is 2.35. The van der Waals surface area contributed by atoms with E-state index in [-0.39, 0.29) is 11.4 Å². The van der Waals surface area contributed by atoms with E-state index in [2.05, 4.69) is 0 Å². The molecule has 1 heterocycles. The summed E-state index contributed by atoms with van der Waals surface area (Å²) < 4.78 is 19.6. The van der Waals surface area contributed by atoms with E-state index < -0.39 is 17.4 Å². The molecule has 120 valence electrons. The molecule has 5 heteroatoms. The molecule has 3 nitrogen and oxygen atoms in total. The summed E-state index contributed by atoms with van der Waals surface area (Å²) in [4.78, 5) is 10.8. The van der Waals surface area contributed by atoms with Gasteiger partial charge in [-0.3, -0.25) is 4.79 Å². The van der Waals surface area contributed by atoms with Crippen LogP contribution in [0.25, 0.3) is 0 Å². The minimum Gasteiger partial charge on any atom is -0.487 e. The van der Waals surface area contributed by atoms with Crippen LogP contribution >= 0.6 is 11.6 Å². The molecule has 1 unspecified atom stereocenters. The Morgan fingerprint density at radius 3 is 2.74 bits per heavy atom. The zero-order valence-electron chi connectivity index (χ0n) is 12.6. The van der Waals surface area contributed by atoms with Gasteiger partial charge in [-0.1, -0.05) is 29.8 Å². The SMILES string of the molecule is CC1(Cc2ccc(Cl)c(F)c2)Cc2cc(CC(=O)O)ccc2O1. The Balaban J connectivity index is 1.79. The van der Waals surface area contributed by atoms with Crippen LogP contribution in [-0.2, 0) is 24.1 Å². The molecule has 1 atom stereocenters. The number of benzene rings is 2. The maximum absolute atomic E-state index is 13.6. The molecule has 23 heavy (non-hydrogen) atoms. The Bertz CT molecular complexity index is 775. The van der Waals surface area contributed by atoms with Gasteiger partial charge in [-0.2, -0.15) is 0 Å². The summed E-state index contributed by atoms with van der Waals surface area (Å²) in [7, 11) is 0. The highest BCUT2D eigenvalue weighted by molar-refractivity contribution is 6.30. The lowest BCUT2D eigenvalue weighted by molar-refractivity contribution is -0.136. The molecule has 3 rings (SSSR count). The Morgan fingerprint density at radius 1 is 1.30 bits per heavy atom. The van der Waals surface area contributed by atoms with Crippen LogP contribution in [0.2, 0.25) is 5.02 Å². The molecule has 0 amide bonds. The van der Waals surface area contributed by atoms with Gasteiger partial charge in [0, 0.05) is 12.8 Å². The summed E-state index contributed by atoms with van der Waals surface area (Å²) >= 11 is 5.71. The lowest BCUT2D eigenvalue weighted by Crippen LogP contribution is -2.32. The second kappa shape index (κ2) is 5.85. The number of hydrogen-bond donors (Lipinski definition) is 1. The van der Waals surface area contributed by atoms with Crippen molar-refractivity contribution in [2.45, 2.75) is 31.8 Å². The summed E-state index contributed by atoms with van der Waals surface area (Å²) in [6.45, 7) is 1.97. The number of halogens is 2. The molecule has 0 saturated carbocycles. The molecule has 1 N–H and O–H groups in total. The van der Waals surface area contributed by atoms with E-state index >= 15 is 0 Å².